The molecule has 0 amide bonds. The van der Waals surface area contributed by atoms with E-state index in [2.05, 4.69) is 48.5 Å². The number of hydrogen-bond donors (Lipinski definition) is 3. The standard InChI is InChI=1S/C79H154O17P2/c1-8-12-13-14-15-16-17-18-19-25-28-31-34-37-46-53-60-76(81)89-66-74(95-78(83)62-55-48-38-35-32-29-26-23-21-20-22-24-27-30-33-36-43-50-57-70(5)9-2)68-93-97(85,86)91-64-73(80)65-92-98(87,88)94-69-75(96-79(84)63-56-49-42-40-45-52-59-72(7)11-4)67-90-77(82)61-54-47-41-39-44-51-58-71(6)10-3/h70-75,80H,8-69H2,1-7H3,(H,85,86)(H,87,88)/t70?,71?,72?,73-,74-,75-/m1/s1. The summed E-state index contributed by atoms with van der Waals surface area (Å²) >= 11 is 0. The van der Waals surface area contributed by atoms with Crippen molar-refractivity contribution in [1.29, 1.82) is 0 Å². The lowest BCUT2D eigenvalue weighted by atomic mass is 9.99. The topological polar surface area (TPSA) is 237 Å². The van der Waals surface area contributed by atoms with Crippen LogP contribution in [0.25, 0.3) is 0 Å². The van der Waals surface area contributed by atoms with Gasteiger partial charge in [-0.2, -0.15) is 0 Å². The van der Waals surface area contributed by atoms with E-state index in [9.17, 15) is 43.2 Å². The summed E-state index contributed by atoms with van der Waals surface area (Å²) in [6.07, 6.45) is 57.1. The Balaban J connectivity index is 5.20. The van der Waals surface area contributed by atoms with Gasteiger partial charge in [-0.15, -0.1) is 0 Å². The van der Waals surface area contributed by atoms with Crippen molar-refractivity contribution in [2.75, 3.05) is 39.6 Å². The van der Waals surface area contributed by atoms with Crippen LogP contribution in [-0.4, -0.2) is 96.7 Å². The third-order valence-electron chi connectivity index (χ3n) is 19.5. The Morgan fingerprint density at radius 3 is 0.724 bits per heavy atom. The lowest BCUT2D eigenvalue weighted by Gasteiger charge is -2.21. The average Bonchev–Trinajstić information content (AvgIpc) is 1.02. The van der Waals surface area contributed by atoms with E-state index in [0.717, 1.165) is 114 Å². The van der Waals surface area contributed by atoms with Crippen molar-refractivity contribution < 1.29 is 80.2 Å². The molecule has 0 rings (SSSR count). The van der Waals surface area contributed by atoms with E-state index >= 15 is 0 Å². The summed E-state index contributed by atoms with van der Waals surface area (Å²) in [4.78, 5) is 72.9. The highest BCUT2D eigenvalue weighted by Gasteiger charge is 2.30. The van der Waals surface area contributed by atoms with Crippen LogP contribution >= 0.6 is 15.6 Å². The van der Waals surface area contributed by atoms with Crippen molar-refractivity contribution in [3.05, 3.63) is 0 Å². The largest absolute Gasteiger partial charge is 0.472 e. The minimum absolute atomic E-state index is 0.102. The smallest absolute Gasteiger partial charge is 0.462 e. The molecule has 8 atom stereocenters. The summed E-state index contributed by atoms with van der Waals surface area (Å²) in [6, 6.07) is 0. The molecule has 17 nitrogen and oxygen atoms in total. The number of phosphoric acid groups is 2. The lowest BCUT2D eigenvalue weighted by molar-refractivity contribution is -0.161. The average molecular weight is 1440 g/mol. The molecule has 0 aliphatic heterocycles. The second-order valence-corrected chi connectivity index (χ2v) is 32.1. The second-order valence-electron chi connectivity index (χ2n) is 29.2. The van der Waals surface area contributed by atoms with Crippen molar-refractivity contribution in [3.63, 3.8) is 0 Å². The second kappa shape index (κ2) is 69.4. The SMILES string of the molecule is CCCCCCCCCCCCCCCCCCC(=O)OC[C@H](COP(=O)(O)OC[C@@H](O)COP(=O)(O)OC[C@@H](COC(=O)CCCCCCCCC(C)CC)OC(=O)CCCCCCCCC(C)CC)OC(=O)CCCCCCCCCCCCCCCCCCCCC(C)CC. The number of rotatable bonds is 77. The van der Waals surface area contributed by atoms with Gasteiger partial charge in [0.1, 0.15) is 19.3 Å². The normalized spacial score (nSPS) is 14.8. The fourth-order valence-electron chi connectivity index (χ4n) is 12.0. The summed E-state index contributed by atoms with van der Waals surface area (Å²) < 4.78 is 68.6. The molecule has 3 N–H and O–H groups in total. The van der Waals surface area contributed by atoms with Crippen LogP contribution in [0.5, 0.6) is 0 Å². The van der Waals surface area contributed by atoms with Gasteiger partial charge in [-0.25, -0.2) is 9.13 Å². The van der Waals surface area contributed by atoms with Crippen LogP contribution in [0, 0.1) is 17.8 Å². The van der Waals surface area contributed by atoms with Crippen LogP contribution in [0.3, 0.4) is 0 Å². The molecule has 0 aromatic heterocycles. The number of carbonyl (C=O) groups excluding carboxylic acids is 4. The molecule has 0 fully saturated rings. The van der Waals surface area contributed by atoms with E-state index in [1.165, 1.54) is 212 Å². The van der Waals surface area contributed by atoms with Crippen LogP contribution in [-0.2, 0) is 65.4 Å². The maximum Gasteiger partial charge on any atom is 0.472 e. The number of hydrogen-bond acceptors (Lipinski definition) is 15. The minimum Gasteiger partial charge on any atom is -0.462 e. The number of phosphoric ester groups is 2. The first-order valence-electron chi connectivity index (χ1n) is 41.0. The third kappa shape index (κ3) is 68.5. The number of aliphatic hydroxyl groups is 1. The molecule has 0 aromatic rings. The Morgan fingerprint density at radius 2 is 0.490 bits per heavy atom. The Kier molecular flexibility index (Phi) is 68.1. The molecule has 98 heavy (non-hydrogen) atoms. The molecule has 0 aromatic carbocycles. The van der Waals surface area contributed by atoms with Gasteiger partial charge in [0.2, 0.25) is 0 Å². The maximum absolute atomic E-state index is 13.1. The van der Waals surface area contributed by atoms with E-state index in [1.807, 2.05) is 0 Å². The van der Waals surface area contributed by atoms with E-state index in [4.69, 9.17) is 37.0 Å². The van der Waals surface area contributed by atoms with Crippen molar-refractivity contribution in [1.82, 2.24) is 0 Å². The van der Waals surface area contributed by atoms with Gasteiger partial charge in [-0.1, -0.05) is 357 Å². The molecule has 0 saturated carbocycles. The summed E-state index contributed by atoms with van der Waals surface area (Å²) in [6.45, 7) is 11.9. The fourth-order valence-corrected chi connectivity index (χ4v) is 13.6. The number of aliphatic hydroxyl groups excluding tert-OH is 1. The highest BCUT2D eigenvalue weighted by Crippen LogP contribution is 2.45. The predicted octanol–water partition coefficient (Wildman–Crippen LogP) is 23.4. The van der Waals surface area contributed by atoms with E-state index in [-0.39, 0.29) is 25.7 Å². The van der Waals surface area contributed by atoms with Crippen LogP contribution < -0.4 is 0 Å². The first kappa shape index (κ1) is 96.1. The molecular formula is C79H154O17P2. The molecule has 0 bridgehead atoms. The van der Waals surface area contributed by atoms with Crippen molar-refractivity contribution in [2.24, 2.45) is 17.8 Å². The monoisotopic (exact) mass is 1440 g/mol. The molecule has 0 spiro atoms. The van der Waals surface area contributed by atoms with E-state index in [0.29, 0.717) is 25.7 Å². The van der Waals surface area contributed by atoms with Crippen LogP contribution in [0.1, 0.15) is 408 Å². The predicted molar refractivity (Wildman–Crippen MR) is 400 cm³/mol. The summed E-state index contributed by atoms with van der Waals surface area (Å²) in [5.41, 5.74) is 0. The highest BCUT2D eigenvalue weighted by atomic mass is 31.2. The van der Waals surface area contributed by atoms with Gasteiger partial charge in [0.05, 0.1) is 26.4 Å². The summed E-state index contributed by atoms with van der Waals surface area (Å²) in [7, 11) is -9.91. The van der Waals surface area contributed by atoms with Crippen molar-refractivity contribution in [3.8, 4) is 0 Å². The lowest BCUT2D eigenvalue weighted by Crippen LogP contribution is -2.30. The maximum atomic E-state index is 13.1. The first-order chi connectivity index (χ1) is 47.3. The molecule has 0 aliphatic carbocycles. The zero-order chi connectivity index (χ0) is 72.3. The number of esters is 4. The molecule has 0 saturated heterocycles. The van der Waals surface area contributed by atoms with Crippen molar-refractivity contribution >= 4 is 39.5 Å². The number of ether oxygens (including phenoxy) is 4. The first-order valence-corrected chi connectivity index (χ1v) is 44.0. The molecular weight excluding hydrogens is 1280 g/mol. The van der Waals surface area contributed by atoms with Gasteiger partial charge in [-0.05, 0) is 43.4 Å². The van der Waals surface area contributed by atoms with Gasteiger partial charge >= 0.3 is 39.5 Å². The molecule has 0 aliphatic rings. The van der Waals surface area contributed by atoms with Gasteiger partial charge in [-0.3, -0.25) is 37.3 Å². The molecule has 0 radical (unpaired) electrons. The van der Waals surface area contributed by atoms with Crippen molar-refractivity contribution in [2.45, 2.75) is 426 Å². The summed E-state index contributed by atoms with van der Waals surface area (Å²) in [5, 5.41) is 10.6. The molecule has 582 valence electrons. The summed E-state index contributed by atoms with van der Waals surface area (Å²) in [5.74, 6) is 0.203. The molecule has 5 unspecified atom stereocenters. The van der Waals surface area contributed by atoms with Gasteiger partial charge in [0, 0.05) is 25.7 Å². The Bertz CT molecular complexity index is 1910. The number of carbonyl (C=O) groups is 4. The Labute approximate surface area is 600 Å². The zero-order valence-corrected chi connectivity index (χ0v) is 66.0. The van der Waals surface area contributed by atoms with Crippen LogP contribution in [0.15, 0.2) is 0 Å². The minimum atomic E-state index is -4.96. The quantitative estimate of drug-likeness (QED) is 0.0222. The molecule has 0 heterocycles. The van der Waals surface area contributed by atoms with Crippen LogP contribution in [0.4, 0.5) is 0 Å². The third-order valence-corrected chi connectivity index (χ3v) is 21.4. The Morgan fingerprint density at radius 1 is 0.286 bits per heavy atom. The van der Waals surface area contributed by atoms with Gasteiger partial charge < -0.3 is 33.8 Å². The van der Waals surface area contributed by atoms with E-state index < -0.39 is 97.5 Å². The fraction of sp³-hybridized carbons (Fsp3) is 0.949. The number of unbranched alkanes of at least 4 members (excludes halogenated alkanes) is 42. The van der Waals surface area contributed by atoms with Crippen LogP contribution in [0.2, 0.25) is 0 Å². The zero-order valence-electron chi connectivity index (χ0n) is 64.3. The van der Waals surface area contributed by atoms with Gasteiger partial charge in [0.25, 0.3) is 0 Å². The van der Waals surface area contributed by atoms with Gasteiger partial charge in [0.15, 0.2) is 12.2 Å². The Hall–Kier alpha value is -1.94. The highest BCUT2D eigenvalue weighted by molar-refractivity contribution is 7.47. The molecule has 19 heteroatoms. The van der Waals surface area contributed by atoms with E-state index in [1.54, 1.807) is 0 Å².